The first kappa shape index (κ1) is 19.3. The number of nitrogens with zero attached hydrogens (tertiary/aromatic N) is 3. The molecule has 7 heteroatoms. The van der Waals surface area contributed by atoms with Gasteiger partial charge in [0, 0.05) is 54.2 Å². The third kappa shape index (κ3) is 3.75. The summed E-state index contributed by atoms with van der Waals surface area (Å²) in [7, 11) is 1.98. The van der Waals surface area contributed by atoms with Crippen molar-refractivity contribution >= 4 is 11.3 Å². The number of hydrogen-bond acceptors (Lipinski definition) is 5. The summed E-state index contributed by atoms with van der Waals surface area (Å²) in [5, 5.41) is 16.2. The van der Waals surface area contributed by atoms with E-state index in [4.69, 9.17) is 0 Å². The minimum absolute atomic E-state index is 0.0448. The Morgan fingerprint density at radius 1 is 1.29 bits per heavy atom. The van der Waals surface area contributed by atoms with E-state index in [1.165, 1.54) is 6.07 Å². The lowest BCUT2D eigenvalue weighted by atomic mass is 9.92. The number of nitrogens with one attached hydrogen (secondary N) is 1. The van der Waals surface area contributed by atoms with Gasteiger partial charge in [-0.25, -0.2) is 9.37 Å². The van der Waals surface area contributed by atoms with Crippen molar-refractivity contribution in [1.29, 1.82) is 0 Å². The minimum atomic E-state index is -0.180. The van der Waals surface area contributed by atoms with E-state index in [1.54, 1.807) is 23.6 Å². The SMILES string of the molecule is CN1[C@H](CO)C[C@H](CNCc2cccn2-c2nccs2)[C@@H]1c1ccccc1F. The lowest BCUT2D eigenvalue weighted by Gasteiger charge is -2.28. The maximum atomic E-state index is 14.5. The highest BCUT2D eigenvalue weighted by Gasteiger charge is 2.40. The van der Waals surface area contributed by atoms with Crippen LogP contribution in [-0.2, 0) is 6.54 Å². The van der Waals surface area contributed by atoms with Gasteiger partial charge < -0.3 is 10.4 Å². The van der Waals surface area contributed by atoms with Crippen molar-refractivity contribution in [2.45, 2.75) is 25.0 Å². The molecule has 0 saturated carbocycles. The Kier molecular flexibility index (Phi) is 5.87. The second kappa shape index (κ2) is 8.53. The Labute approximate surface area is 168 Å². The smallest absolute Gasteiger partial charge is 0.193 e. The van der Waals surface area contributed by atoms with Crippen LogP contribution in [0.15, 0.2) is 54.2 Å². The molecule has 3 heterocycles. The third-order valence-electron chi connectivity index (χ3n) is 5.64. The van der Waals surface area contributed by atoms with E-state index in [9.17, 15) is 9.50 Å². The van der Waals surface area contributed by atoms with Crippen LogP contribution >= 0.6 is 11.3 Å². The zero-order valence-corrected chi connectivity index (χ0v) is 16.6. The van der Waals surface area contributed by atoms with Gasteiger partial charge in [0.2, 0.25) is 0 Å². The zero-order valence-electron chi connectivity index (χ0n) is 15.8. The quantitative estimate of drug-likeness (QED) is 0.639. The number of likely N-dealkylation sites (N-methyl/N-ethyl adjacent to an activating group) is 1. The van der Waals surface area contributed by atoms with Crippen LogP contribution in [0.3, 0.4) is 0 Å². The Bertz CT molecular complexity index is 897. The fourth-order valence-corrected chi connectivity index (χ4v) is 4.92. The molecule has 2 aromatic heterocycles. The molecule has 3 atom stereocenters. The molecule has 0 aliphatic carbocycles. The number of halogens is 1. The van der Waals surface area contributed by atoms with Crippen molar-refractivity contribution in [2.24, 2.45) is 5.92 Å². The molecule has 1 saturated heterocycles. The van der Waals surface area contributed by atoms with Gasteiger partial charge in [0.25, 0.3) is 0 Å². The van der Waals surface area contributed by atoms with Crippen molar-refractivity contribution < 1.29 is 9.50 Å². The highest BCUT2D eigenvalue weighted by molar-refractivity contribution is 7.12. The van der Waals surface area contributed by atoms with Crippen LogP contribution in [0.25, 0.3) is 5.13 Å². The molecule has 0 spiro atoms. The summed E-state index contributed by atoms with van der Waals surface area (Å²) in [5.74, 6) is 0.0444. The largest absolute Gasteiger partial charge is 0.395 e. The Morgan fingerprint density at radius 2 is 2.14 bits per heavy atom. The molecule has 0 radical (unpaired) electrons. The number of aliphatic hydroxyl groups is 1. The maximum absolute atomic E-state index is 14.5. The van der Waals surface area contributed by atoms with Crippen LogP contribution < -0.4 is 5.32 Å². The molecular weight excluding hydrogens is 375 g/mol. The molecule has 1 aliphatic rings. The highest BCUT2D eigenvalue weighted by Crippen LogP contribution is 2.40. The highest BCUT2D eigenvalue weighted by atomic mass is 32.1. The van der Waals surface area contributed by atoms with E-state index in [0.717, 1.165) is 23.8 Å². The summed E-state index contributed by atoms with van der Waals surface area (Å²) >= 11 is 1.60. The zero-order chi connectivity index (χ0) is 19.5. The van der Waals surface area contributed by atoms with Gasteiger partial charge in [0.15, 0.2) is 5.13 Å². The summed E-state index contributed by atoms with van der Waals surface area (Å²) in [6.07, 6.45) is 4.66. The first-order valence-electron chi connectivity index (χ1n) is 9.53. The number of benzene rings is 1. The number of hydrogen-bond donors (Lipinski definition) is 2. The van der Waals surface area contributed by atoms with Crippen molar-refractivity contribution in [3.05, 3.63) is 71.2 Å². The number of aromatic nitrogens is 2. The molecule has 4 rings (SSSR count). The summed E-state index contributed by atoms with van der Waals surface area (Å²) in [6.45, 7) is 1.55. The van der Waals surface area contributed by atoms with E-state index in [1.807, 2.05) is 36.8 Å². The van der Waals surface area contributed by atoms with Gasteiger partial charge in [0.1, 0.15) is 5.82 Å². The van der Waals surface area contributed by atoms with Crippen molar-refractivity contribution in [3.8, 4) is 5.13 Å². The third-order valence-corrected chi connectivity index (χ3v) is 6.41. The van der Waals surface area contributed by atoms with E-state index >= 15 is 0 Å². The van der Waals surface area contributed by atoms with Gasteiger partial charge >= 0.3 is 0 Å². The second-order valence-electron chi connectivity index (χ2n) is 7.28. The van der Waals surface area contributed by atoms with E-state index in [-0.39, 0.29) is 30.4 Å². The van der Waals surface area contributed by atoms with Crippen LogP contribution in [0.5, 0.6) is 0 Å². The number of likely N-dealkylation sites (tertiary alicyclic amines) is 1. The van der Waals surface area contributed by atoms with Crippen molar-refractivity contribution in [2.75, 3.05) is 20.2 Å². The average Bonchev–Trinajstić information content (AvgIpc) is 3.43. The van der Waals surface area contributed by atoms with Gasteiger partial charge in [0.05, 0.1) is 6.61 Å². The molecule has 3 aromatic rings. The van der Waals surface area contributed by atoms with Crippen LogP contribution in [0, 0.1) is 11.7 Å². The van der Waals surface area contributed by atoms with Gasteiger partial charge in [-0.15, -0.1) is 11.3 Å². The first-order valence-corrected chi connectivity index (χ1v) is 10.4. The average molecular weight is 401 g/mol. The molecule has 148 valence electrons. The van der Waals surface area contributed by atoms with Crippen molar-refractivity contribution in [1.82, 2.24) is 19.8 Å². The predicted molar refractivity (Wildman–Crippen MR) is 109 cm³/mol. The number of aliphatic hydroxyl groups excluding tert-OH is 1. The molecular formula is C21H25FN4OS. The lowest BCUT2D eigenvalue weighted by Crippen LogP contribution is -2.32. The predicted octanol–water partition coefficient (Wildman–Crippen LogP) is 3.22. The molecule has 0 bridgehead atoms. The van der Waals surface area contributed by atoms with E-state index in [0.29, 0.717) is 12.1 Å². The van der Waals surface area contributed by atoms with Gasteiger partial charge in [-0.3, -0.25) is 9.47 Å². The standard InChI is InChI=1S/C21H25FN4OS/c1-25-17(14-27)11-15(20(25)18-6-2-3-7-19(18)22)12-23-13-16-5-4-9-26(16)21-24-8-10-28-21/h2-10,15,17,20,23,27H,11-14H2,1H3/t15-,17+,20-/m1/s1. The van der Waals surface area contributed by atoms with Crippen LogP contribution in [0.1, 0.15) is 23.7 Å². The summed E-state index contributed by atoms with van der Waals surface area (Å²) in [4.78, 5) is 6.49. The van der Waals surface area contributed by atoms with Crippen molar-refractivity contribution in [3.63, 3.8) is 0 Å². The van der Waals surface area contributed by atoms with E-state index in [2.05, 4.69) is 25.8 Å². The van der Waals surface area contributed by atoms with E-state index < -0.39 is 0 Å². The lowest BCUT2D eigenvalue weighted by molar-refractivity contribution is 0.151. The molecule has 28 heavy (non-hydrogen) atoms. The topological polar surface area (TPSA) is 53.3 Å². The molecule has 1 aromatic carbocycles. The van der Waals surface area contributed by atoms with Gasteiger partial charge in [-0.1, -0.05) is 18.2 Å². The molecule has 1 fully saturated rings. The number of rotatable bonds is 7. The monoisotopic (exact) mass is 400 g/mol. The molecule has 0 unspecified atom stereocenters. The van der Waals surface area contributed by atoms with Crippen LogP contribution in [0.2, 0.25) is 0 Å². The minimum Gasteiger partial charge on any atom is -0.395 e. The first-order chi connectivity index (χ1) is 13.7. The summed E-state index contributed by atoms with van der Waals surface area (Å²) < 4.78 is 16.5. The Hall–Kier alpha value is -2.06. The Morgan fingerprint density at radius 3 is 2.89 bits per heavy atom. The maximum Gasteiger partial charge on any atom is 0.193 e. The van der Waals surface area contributed by atoms with Gasteiger partial charge in [-0.2, -0.15) is 0 Å². The summed E-state index contributed by atoms with van der Waals surface area (Å²) in [5.41, 5.74) is 1.85. The van der Waals surface area contributed by atoms with Gasteiger partial charge in [-0.05, 0) is 37.6 Å². The fraction of sp³-hybridized carbons (Fsp3) is 0.381. The molecule has 1 aliphatic heterocycles. The van der Waals surface area contributed by atoms with Crippen LogP contribution in [0.4, 0.5) is 4.39 Å². The summed E-state index contributed by atoms with van der Waals surface area (Å²) in [6, 6.07) is 11.1. The molecule has 2 N–H and O–H groups in total. The second-order valence-corrected chi connectivity index (χ2v) is 8.15. The Balaban J connectivity index is 1.46. The molecule has 0 amide bonds. The number of thiazole rings is 1. The fourth-order valence-electron chi connectivity index (χ4n) is 4.26. The molecule has 5 nitrogen and oxygen atoms in total. The normalized spacial score (nSPS) is 22.8. The van der Waals surface area contributed by atoms with Crippen LogP contribution in [-0.4, -0.2) is 45.8 Å².